The topological polar surface area (TPSA) is 76.8 Å². The molecule has 5 nitrogen and oxygen atoms in total. The molecule has 0 saturated heterocycles. The largest absolute Gasteiger partial charge is 0.492 e. The van der Waals surface area contributed by atoms with Gasteiger partial charge in [-0.3, -0.25) is 10.1 Å². The first-order valence-corrected chi connectivity index (χ1v) is 7.85. The summed E-state index contributed by atoms with van der Waals surface area (Å²) in [6.07, 6.45) is 4.57. The minimum atomic E-state index is -0.401. The molecule has 0 aliphatic heterocycles. The summed E-state index contributed by atoms with van der Waals surface area (Å²) in [6, 6.07) is 8.02. The number of nitrogens with one attached hydrogen (secondary N) is 1. The molecule has 3 aromatic rings. The van der Waals surface area contributed by atoms with Gasteiger partial charge >= 0.3 is 0 Å². The Morgan fingerprint density at radius 1 is 1.17 bits per heavy atom. The zero-order valence-electron chi connectivity index (χ0n) is 13.8. The van der Waals surface area contributed by atoms with Crippen LogP contribution in [0.5, 0.6) is 5.75 Å². The molecule has 3 rings (SSSR count). The third-order valence-electron chi connectivity index (χ3n) is 3.81. The molecular formula is C18H22N4O. The molecule has 0 atom stereocenters. The van der Waals surface area contributed by atoms with Crippen molar-refractivity contribution in [1.29, 1.82) is 0 Å². The number of benzene rings is 1. The number of aromatic amines is 1. The second-order valence-electron chi connectivity index (χ2n) is 6.28. The van der Waals surface area contributed by atoms with Crippen molar-refractivity contribution in [2.45, 2.75) is 32.7 Å². The van der Waals surface area contributed by atoms with Crippen molar-refractivity contribution in [3.63, 3.8) is 0 Å². The van der Waals surface area contributed by atoms with E-state index in [0.717, 1.165) is 39.9 Å². The van der Waals surface area contributed by atoms with Gasteiger partial charge in [0.05, 0.1) is 29.4 Å². The van der Waals surface area contributed by atoms with E-state index in [1.807, 2.05) is 44.3 Å². The van der Waals surface area contributed by atoms with Gasteiger partial charge in [-0.05, 0) is 44.0 Å². The lowest BCUT2D eigenvalue weighted by Gasteiger charge is -2.19. The average Bonchev–Trinajstić information content (AvgIpc) is 3.00. The van der Waals surface area contributed by atoms with Crippen molar-refractivity contribution in [1.82, 2.24) is 15.2 Å². The van der Waals surface area contributed by atoms with E-state index < -0.39 is 5.54 Å². The lowest BCUT2D eigenvalue weighted by molar-refractivity contribution is 0.322. The summed E-state index contributed by atoms with van der Waals surface area (Å²) in [7, 11) is 0. The number of nitrogens with zero attached hydrogens (tertiary/aromatic N) is 2. The first-order chi connectivity index (χ1) is 11.0. The molecule has 5 heteroatoms. The highest BCUT2D eigenvalue weighted by atomic mass is 16.5. The third kappa shape index (κ3) is 3.05. The Morgan fingerprint density at radius 3 is 2.65 bits per heavy atom. The molecule has 3 N–H and O–H groups in total. The maximum absolute atomic E-state index is 6.12. The van der Waals surface area contributed by atoms with Gasteiger partial charge in [0.15, 0.2) is 0 Å². The van der Waals surface area contributed by atoms with Crippen molar-refractivity contribution < 1.29 is 4.74 Å². The summed E-state index contributed by atoms with van der Waals surface area (Å²) in [5.74, 6) is 0.824. The second kappa shape index (κ2) is 6.01. The summed E-state index contributed by atoms with van der Waals surface area (Å²) in [6.45, 7) is 6.69. The van der Waals surface area contributed by atoms with Gasteiger partial charge in [-0.2, -0.15) is 5.10 Å². The Bertz CT molecular complexity index is 800. The summed E-state index contributed by atoms with van der Waals surface area (Å²) < 4.78 is 5.99. The molecule has 0 amide bonds. The first kappa shape index (κ1) is 15.5. The van der Waals surface area contributed by atoms with Gasteiger partial charge in [-0.15, -0.1) is 0 Å². The highest BCUT2D eigenvalue weighted by Crippen LogP contribution is 2.35. The fourth-order valence-electron chi connectivity index (χ4n) is 2.49. The Kier molecular flexibility index (Phi) is 4.05. The molecule has 23 heavy (non-hydrogen) atoms. The molecule has 120 valence electrons. The molecule has 0 radical (unpaired) electrons. The van der Waals surface area contributed by atoms with E-state index in [0.29, 0.717) is 6.61 Å². The summed E-state index contributed by atoms with van der Waals surface area (Å²) in [5.41, 5.74) is 9.52. The standard InChI is InChI=1S/C18H22N4O/c1-4-9-23-17-13(6-8-16-14(17)11-21-22-16)15-7-5-12(10-20-15)18(2,3)19/h5-8,10-11H,4,9,19H2,1-3H3,(H,21,22). The maximum atomic E-state index is 6.12. The highest BCUT2D eigenvalue weighted by molar-refractivity contribution is 5.92. The van der Waals surface area contributed by atoms with Crippen LogP contribution in [0, 0.1) is 0 Å². The summed E-state index contributed by atoms with van der Waals surface area (Å²) in [5, 5.41) is 8.06. The van der Waals surface area contributed by atoms with E-state index in [-0.39, 0.29) is 0 Å². The maximum Gasteiger partial charge on any atom is 0.139 e. The molecule has 0 saturated carbocycles. The molecule has 2 heterocycles. The van der Waals surface area contributed by atoms with E-state index in [4.69, 9.17) is 10.5 Å². The van der Waals surface area contributed by atoms with Gasteiger partial charge in [-0.1, -0.05) is 13.0 Å². The molecule has 1 aromatic carbocycles. The number of hydrogen-bond donors (Lipinski definition) is 2. The predicted octanol–water partition coefficient (Wildman–Crippen LogP) is 3.61. The summed E-state index contributed by atoms with van der Waals surface area (Å²) >= 11 is 0. The highest BCUT2D eigenvalue weighted by Gasteiger charge is 2.17. The van der Waals surface area contributed by atoms with Crippen LogP contribution in [0.3, 0.4) is 0 Å². The fraction of sp³-hybridized carbons (Fsp3) is 0.333. The zero-order valence-corrected chi connectivity index (χ0v) is 13.8. The van der Waals surface area contributed by atoms with Crippen molar-refractivity contribution >= 4 is 10.9 Å². The van der Waals surface area contributed by atoms with Crippen LogP contribution in [0.1, 0.15) is 32.8 Å². The lowest BCUT2D eigenvalue weighted by atomic mass is 9.96. The van der Waals surface area contributed by atoms with Gasteiger partial charge in [0.25, 0.3) is 0 Å². The molecule has 0 unspecified atom stereocenters. The first-order valence-electron chi connectivity index (χ1n) is 7.85. The molecular weight excluding hydrogens is 288 g/mol. The van der Waals surface area contributed by atoms with Crippen molar-refractivity contribution in [2.24, 2.45) is 5.73 Å². The fourth-order valence-corrected chi connectivity index (χ4v) is 2.49. The van der Waals surface area contributed by atoms with Crippen molar-refractivity contribution in [2.75, 3.05) is 6.61 Å². The van der Waals surface area contributed by atoms with E-state index in [1.54, 1.807) is 6.20 Å². The summed E-state index contributed by atoms with van der Waals surface area (Å²) in [4.78, 5) is 4.58. The Morgan fingerprint density at radius 2 is 2.00 bits per heavy atom. The van der Waals surface area contributed by atoms with Crippen molar-refractivity contribution in [3.05, 3.63) is 42.2 Å². The van der Waals surface area contributed by atoms with Gasteiger partial charge < -0.3 is 10.5 Å². The number of ether oxygens (including phenoxy) is 1. The van der Waals surface area contributed by atoms with Gasteiger partial charge in [0.1, 0.15) is 5.75 Å². The number of rotatable bonds is 5. The average molecular weight is 310 g/mol. The molecule has 0 bridgehead atoms. The number of hydrogen-bond acceptors (Lipinski definition) is 4. The number of fused-ring (bicyclic) bond motifs is 1. The van der Waals surface area contributed by atoms with E-state index in [1.165, 1.54) is 0 Å². The molecule has 0 aliphatic rings. The monoisotopic (exact) mass is 310 g/mol. The van der Waals surface area contributed by atoms with Gasteiger partial charge in [-0.25, -0.2) is 0 Å². The molecule has 2 aromatic heterocycles. The minimum Gasteiger partial charge on any atom is -0.492 e. The molecule has 0 aliphatic carbocycles. The van der Waals surface area contributed by atoms with Crippen LogP contribution < -0.4 is 10.5 Å². The SMILES string of the molecule is CCCOc1c(-c2ccc(C(C)(C)N)cn2)ccc2[nH]ncc12. The lowest BCUT2D eigenvalue weighted by Crippen LogP contribution is -2.28. The van der Waals surface area contributed by atoms with E-state index in [2.05, 4.69) is 22.1 Å². The quantitative estimate of drug-likeness (QED) is 0.754. The van der Waals surface area contributed by atoms with Crippen LogP contribution in [0.25, 0.3) is 22.2 Å². The van der Waals surface area contributed by atoms with Crippen LogP contribution in [0.15, 0.2) is 36.7 Å². The Balaban J connectivity index is 2.07. The number of aromatic nitrogens is 3. The Hall–Kier alpha value is -2.40. The van der Waals surface area contributed by atoms with Crippen LogP contribution in [0.4, 0.5) is 0 Å². The minimum absolute atomic E-state index is 0.401. The van der Waals surface area contributed by atoms with Crippen LogP contribution >= 0.6 is 0 Å². The number of nitrogens with two attached hydrogens (primary N) is 1. The second-order valence-corrected chi connectivity index (χ2v) is 6.28. The van der Waals surface area contributed by atoms with Crippen LogP contribution in [-0.4, -0.2) is 21.8 Å². The zero-order chi connectivity index (χ0) is 16.4. The van der Waals surface area contributed by atoms with E-state index >= 15 is 0 Å². The number of pyridine rings is 1. The molecule has 0 fully saturated rings. The normalized spacial score (nSPS) is 11.8. The number of H-pyrrole nitrogens is 1. The van der Waals surface area contributed by atoms with Crippen LogP contribution in [-0.2, 0) is 5.54 Å². The van der Waals surface area contributed by atoms with Gasteiger partial charge in [0, 0.05) is 17.3 Å². The third-order valence-corrected chi connectivity index (χ3v) is 3.81. The van der Waals surface area contributed by atoms with E-state index in [9.17, 15) is 0 Å². The molecule has 0 spiro atoms. The smallest absolute Gasteiger partial charge is 0.139 e. The van der Waals surface area contributed by atoms with Gasteiger partial charge in [0.2, 0.25) is 0 Å². The Labute approximate surface area is 135 Å². The predicted molar refractivity (Wildman–Crippen MR) is 92.3 cm³/mol. The van der Waals surface area contributed by atoms with Crippen molar-refractivity contribution in [3.8, 4) is 17.0 Å². The van der Waals surface area contributed by atoms with Crippen LogP contribution in [0.2, 0.25) is 0 Å².